The topological polar surface area (TPSA) is 40.5 Å². The number of hydrogen-bond acceptors (Lipinski definition) is 3. The summed E-state index contributed by atoms with van der Waals surface area (Å²) in [5.41, 5.74) is -0.654. The van der Waals surface area contributed by atoms with Crippen LogP contribution in [0, 0.1) is 11.8 Å². The molecule has 0 aliphatic carbocycles. The third-order valence-corrected chi connectivity index (χ3v) is 3.89. The minimum absolute atomic E-state index is 0.178. The van der Waals surface area contributed by atoms with Gasteiger partial charge in [0, 0.05) is 32.0 Å². The van der Waals surface area contributed by atoms with Gasteiger partial charge in [-0.1, -0.05) is 20.8 Å². The van der Waals surface area contributed by atoms with E-state index in [9.17, 15) is 9.90 Å². The summed E-state index contributed by atoms with van der Waals surface area (Å²) in [6.07, 6.45) is 1.56. The number of ketones is 1. The molecule has 2 atom stereocenters. The molecule has 0 aromatic carbocycles. The number of rotatable bonds is 4. The molecule has 1 fully saturated rings. The highest BCUT2D eigenvalue weighted by atomic mass is 16.3. The second-order valence-corrected chi connectivity index (χ2v) is 5.57. The van der Waals surface area contributed by atoms with Crippen LogP contribution >= 0.6 is 0 Å². The highest BCUT2D eigenvalue weighted by Gasteiger charge is 2.32. The molecule has 1 aliphatic rings. The molecule has 1 aliphatic heterocycles. The molecule has 2 unspecified atom stereocenters. The van der Waals surface area contributed by atoms with E-state index in [0.717, 1.165) is 19.5 Å². The van der Waals surface area contributed by atoms with Gasteiger partial charge in [0.15, 0.2) is 0 Å². The van der Waals surface area contributed by atoms with Crippen molar-refractivity contribution in [3.05, 3.63) is 0 Å². The van der Waals surface area contributed by atoms with Crippen LogP contribution in [-0.4, -0.2) is 41.0 Å². The molecule has 0 spiro atoms. The molecule has 1 heterocycles. The van der Waals surface area contributed by atoms with Crippen molar-refractivity contribution in [1.82, 2.24) is 4.90 Å². The van der Waals surface area contributed by atoms with Crippen molar-refractivity contribution in [3.63, 3.8) is 0 Å². The number of likely N-dealkylation sites (tertiary alicyclic amines) is 1. The zero-order valence-electron chi connectivity index (χ0n) is 11.0. The summed E-state index contributed by atoms with van der Waals surface area (Å²) < 4.78 is 0. The van der Waals surface area contributed by atoms with E-state index >= 15 is 0 Å². The molecule has 3 nitrogen and oxygen atoms in total. The maximum absolute atomic E-state index is 11.6. The van der Waals surface area contributed by atoms with Crippen molar-refractivity contribution >= 4 is 5.78 Å². The fourth-order valence-electron chi connectivity index (χ4n) is 2.11. The minimum atomic E-state index is -0.654. The molecule has 16 heavy (non-hydrogen) atoms. The van der Waals surface area contributed by atoms with E-state index in [2.05, 4.69) is 11.8 Å². The maximum Gasteiger partial charge on any atom is 0.138 e. The molecule has 0 amide bonds. The first-order chi connectivity index (χ1) is 7.36. The van der Waals surface area contributed by atoms with Crippen LogP contribution in [-0.2, 0) is 4.79 Å². The first kappa shape index (κ1) is 13.7. The second kappa shape index (κ2) is 5.28. The Morgan fingerprint density at radius 2 is 2.19 bits per heavy atom. The Morgan fingerprint density at radius 1 is 1.56 bits per heavy atom. The van der Waals surface area contributed by atoms with Crippen molar-refractivity contribution in [2.75, 3.05) is 19.6 Å². The Labute approximate surface area is 98.8 Å². The van der Waals surface area contributed by atoms with Gasteiger partial charge < -0.3 is 5.11 Å². The predicted octanol–water partition coefficient (Wildman–Crippen LogP) is 1.69. The molecule has 0 saturated carbocycles. The molecule has 1 N–H and O–H groups in total. The van der Waals surface area contributed by atoms with Gasteiger partial charge in [-0.3, -0.25) is 9.69 Å². The second-order valence-electron chi connectivity index (χ2n) is 5.57. The summed E-state index contributed by atoms with van der Waals surface area (Å²) in [7, 11) is 0. The highest BCUT2D eigenvalue weighted by Crippen LogP contribution is 2.22. The monoisotopic (exact) mass is 227 g/mol. The number of nitrogens with zero attached hydrogens (tertiary/aromatic N) is 1. The van der Waals surface area contributed by atoms with Gasteiger partial charge in [0.2, 0.25) is 0 Å². The Bertz CT molecular complexity index is 248. The third kappa shape index (κ3) is 3.29. The summed E-state index contributed by atoms with van der Waals surface area (Å²) in [5, 5.41) is 10.2. The van der Waals surface area contributed by atoms with E-state index < -0.39 is 5.60 Å². The van der Waals surface area contributed by atoms with Crippen LogP contribution in [0.25, 0.3) is 0 Å². The van der Waals surface area contributed by atoms with Gasteiger partial charge in [-0.05, 0) is 19.3 Å². The Balaban J connectivity index is 2.53. The van der Waals surface area contributed by atoms with Crippen LogP contribution in [0.1, 0.15) is 40.5 Å². The Hall–Kier alpha value is -0.410. The summed E-state index contributed by atoms with van der Waals surface area (Å²) >= 11 is 0. The van der Waals surface area contributed by atoms with Crippen molar-refractivity contribution in [2.24, 2.45) is 11.8 Å². The smallest absolute Gasteiger partial charge is 0.138 e. The lowest BCUT2D eigenvalue weighted by atomic mass is 9.89. The summed E-state index contributed by atoms with van der Waals surface area (Å²) in [4.78, 5) is 13.8. The van der Waals surface area contributed by atoms with E-state index in [1.54, 1.807) is 0 Å². The molecule has 0 aromatic heterocycles. The molecule has 3 heteroatoms. The lowest BCUT2D eigenvalue weighted by molar-refractivity contribution is -0.127. The zero-order chi connectivity index (χ0) is 12.3. The summed E-state index contributed by atoms with van der Waals surface area (Å²) in [6, 6.07) is 0. The van der Waals surface area contributed by atoms with Crippen LogP contribution in [0.2, 0.25) is 0 Å². The number of Topliss-reactive ketones (excluding diaryl/α,β-unsaturated/α-hetero) is 1. The largest absolute Gasteiger partial charge is 0.389 e. The van der Waals surface area contributed by atoms with Crippen molar-refractivity contribution < 1.29 is 9.90 Å². The molecule has 1 saturated heterocycles. The quantitative estimate of drug-likeness (QED) is 0.794. The number of β-amino-alcohol motifs (C(OH)–C–C–N with tert-alkyl or cyclic N) is 1. The average Bonchev–Trinajstić information content (AvgIpc) is 2.20. The molecule has 94 valence electrons. The van der Waals surface area contributed by atoms with Gasteiger partial charge in [0.05, 0.1) is 5.60 Å². The lowest BCUT2D eigenvalue weighted by Crippen LogP contribution is -2.49. The van der Waals surface area contributed by atoms with E-state index in [0.29, 0.717) is 18.7 Å². The van der Waals surface area contributed by atoms with E-state index in [1.807, 2.05) is 20.8 Å². The minimum Gasteiger partial charge on any atom is -0.389 e. The zero-order valence-corrected chi connectivity index (χ0v) is 11.0. The molecule has 0 aromatic rings. The fraction of sp³-hybridized carbons (Fsp3) is 0.923. The summed E-state index contributed by atoms with van der Waals surface area (Å²) in [6.45, 7) is 10.3. The SMILES string of the molecule is CCC1CN(CC(C)(O)C(C)C)CCC1=O. The molecule has 0 radical (unpaired) electrons. The fourth-order valence-corrected chi connectivity index (χ4v) is 2.11. The van der Waals surface area contributed by atoms with E-state index in [4.69, 9.17) is 0 Å². The molecular formula is C13H25NO2. The van der Waals surface area contributed by atoms with E-state index in [1.165, 1.54) is 0 Å². The van der Waals surface area contributed by atoms with Gasteiger partial charge in [-0.25, -0.2) is 0 Å². The number of carbonyl (C=O) groups is 1. The molecular weight excluding hydrogens is 202 g/mol. The molecule has 1 rings (SSSR count). The third-order valence-electron chi connectivity index (χ3n) is 3.89. The molecule has 0 bridgehead atoms. The van der Waals surface area contributed by atoms with Gasteiger partial charge in [0.25, 0.3) is 0 Å². The van der Waals surface area contributed by atoms with Crippen LogP contribution in [0.15, 0.2) is 0 Å². The predicted molar refractivity (Wildman–Crippen MR) is 65.3 cm³/mol. The van der Waals surface area contributed by atoms with Crippen molar-refractivity contribution in [1.29, 1.82) is 0 Å². The summed E-state index contributed by atoms with van der Waals surface area (Å²) in [5.74, 6) is 0.810. The van der Waals surface area contributed by atoms with E-state index in [-0.39, 0.29) is 11.8 Å². The van der Waals surface area contributed by atoms with Crippen molar-refractivity contribution in [2.45, 2.75) is 46.1 Å². The van der Waals surface area contributed by atoms with Gasteiger partial charge >= 0.3 is 0 Å². The van der Waals surface area contributed by atoms with Crippen LogP contribution in [0.5, 0.6) is 0 Å². The van der Waals surface area contributed by atoms with Gasteiger partial charge in [-0.15, -0.1) is 0 Å². The number of aliphatic hydroxyl groups is 1. The standard InChI is InChI=1S/C13H25NO2/c1-5-11-8-14(7-6-12(11)15)9-13(4,16)10(2)3/h10-11,16H,5-9H2,1-4H3. The highest BCUT2D eigenvalue weighted by molar-refractivity contribution is 5.82. The first-order valence-corrected chi connectivity index (χ1v) is 6.34. The lowest BCUT2D eigenvalue weighted by Gasteiger charge is -2.38. The van der Waals surface area contributed by atoms with Crippen molar-refractivity contribution in [3.8, 4) is 0 Å². The van der Waals surface area contributed by atoms with Gasteiger partial charge in [0.1, 0.15) is 5.78 Å². The van der Waals surface area contributed by atoms with Crippen LogP contribution in [0.4, 0.5) is 0 Å². The average molecular weight is 227 g/mol. The Kier molecular flexibility index (Phi) is 4.51. The normalized spacial score (nSPS) is 27.1. The van der Waals surface area contributed by atoms with Gasteiger partial charge in [-0.2, -0.15) is 0 Å². The number of carbonyl (C=O) groups excluding carboxylic acids is 1. The first-order valence-electron chi connectivity index (χ1n) is 6.34. The number of hydrogen-bond donors (Lipinski definition) is 1. The maximum atomic E-state index is 11.6. The van der Waals surface area contributed by atoms with Crippen LogP contribution < -0.4 is 0 Å². The number of piperidine rings is 1. The Morgan fingerprint density at radius 3 is 2.69 bits per heavy atom. The van der Waals surface area contributed by atoms with Crippen LogP contribution in [0.3, 0.4) is 0 Å².